The lowest BCUT2D eigenvalue weighted by Gasteiger charge is -2.11. The average Bonchev–Trinajstić information content (AvgIpc) is 2.36. The van der Waals surface area contributed by atoms with E-state index in [1.807, 2.05) is 0 Å². The summed E-state index contributed by atoms with van der Waals surface area (Å²) in [5, 5.41) is -0.133. The molecule has 8 heteroatoms. The highest BCUT2D eigenvalue weighted by molar-refractivity contribution is 9.10. The van der Waals surface area contributed by atoms with E-state index in [2.05, 4.69) is 20.7 Å². The first-order valence-corrected chi connectivity index (χ1v) is 7.88. The van der Waals surface area contributed by atoms with Crippen molar-refractivity contribution in [1.29, 1.82) is 0 Å². The van der Waals surface area contributed by atoms with Crippen molar-refractivity contribution in [3.63, 3.8) is 0 Å². The van der Waals surface area contributed by atoms with Crippen LogP contribution in [0.15, 0.2) is 45.8 Å². The van der Waals surface area contributed by atoms with Gasteiger partial charge in [-0.25, -0.2) is 17.2 Å². The number of hydrogen-bond acceptors (Lipinski definition) is 2. The van der Waals surface area contributed by atoms with Crippen molar-refractivity contribution < 1.29 is 17.2 Å². The molecular formula is C12H7BrClF2NO2S. The van der Waals surface area contributed by atoms with E-state index in [0.717, 1.165) is 30.3 Å². The minimum Gasteiger partial charge on any atom is -0.278 e. The van der Waals surface area contributed by atoms with E-state index in [1.165, 1.54) is 6.07 Å². The first kappa shape index (κ1) is 15.2. The Kier molecular flexibility index (Phi) is 4.31. The van der Waals surface area contributed by atoms with E-state index in [9.17, 15) is 17.2 Å². The number of nitrogens with one attached hydrogen (secondary N) is 1. The summed E-state index contributed by atoms with van der Waals surface area (Å²) in [5.74, 6) is -1.36. The van der Waals surface area contributed by atoms with Crippen LogP contribution in [0.4, 0.5) is 14.5 Å². The summed E-state index contributed by atoms with van der Waals surface area (Å²) in [4.78, 5) is -0.421. The van der Waals surface area contributed by atoms with Gasteiger partial charge in [0, 0.05) is 4.47 Å². The summed E-state index contributed by atoms with van der Waals surface area (Å²) >= 11 is 8.83. The third-order valence-electron chi connectivity index (χ3n) is 2.36. The second-order valence-electron chi connectivity index (χ2n) is 3.80. The summed E-state index contributed by atoms with van der Waals surface area (Å²) in [5.41, 5.74) is -0.00896. The minimum atomic E-state index is -4.12. The molecule has 2 aromatic carbocycles. The van der Waals surface area contributed by atoms with E-state index >= 15 is 0 Å². The van der Waals surface area contributed by atoms with Crippen molar-refractivity contribution in [2.24, 2.45) is 0 Å². The summed E-state index contributed by atoms with van der Waals surface area (Å²) < 4.78 is 53.0. The third-order valence-corrected chi connectivity index (χ3v) is 4.89. The Morgan fingerprint density at radius 3 is 2.35 bits per heavy atom. The van der Waals surface area contributed by atoms with Crippen molar-refractivity contribution >= 4 is 43.2 Å². The third kappa shape index (κ3) is 3.28. The van der Waals surface area contributed by atoms with Crippen molar-refractivity contribution in [2.45, 2.75) is 4.90 Å². The lowest BCUT2D eigenvalue weighted by atomic mass is 10.3. The summed E-state index contributed by atoms with van der Waals surface area (Å²) in [7, 11) is -4.12. The number of halogens is 4. The number of benzene rings is 2. The molecule has 0 aliphatic heterocycles. The van der Waals surface area contributed by atoms with Gasteiger partial charge in [-0.3, -0.25) is 4.72 Å². The molecule has 0 fully saturated rings. The number of anilines is 1. The highest BCUT2D eigenvalue weighted by Gasteiger charge is 2.20. The van der Waals surface area contributed by atoms with Crippen molar-refractivity contribution in [1.82, 2.24) is 0 Å². The number of sulfonamides is 1. The van der Waals surface area contributed by atoms with Gasteiger partial charge in [-0.05, 0) is 52.3 Å². The summed E-state index contributed by atoms with van der Waals surface area (Å²) in [6.07, 6.45) is 0. The maximum Gasteiger partial charge on any atom is 0.263 e. The fourth-order valence-electron chi connectivity index (χ4n) is 1.46. The molecule has 3 nitrogen and oxygen atoms in total. The molecule has 0 saturated heterocycles. The van der Waals surface area contributed by atoms with E-state index in [-0.39, 0.29) is 10.7 Å². The molecule has 0 heterocycles. The van der Waals surface area contributed by atoms with Crippen molar-refractivity contribution in [2.75, 3.05) is 4.72 Å². The molecule has 0 aliphatic rings. The molecule has 0 aliphatic carbocycles. The average molecular weight is 383 g/mol. The molecule has 0 saturated carbocycles. The fraction of sp³-hybridized carbons (Fsp3) is 0. The molecule has 0 spiro atoms. The molecule has 0 radical (unpaired) electrons. The zero-order valence-corrected chi connectivity index (χ0v) is 12.9. The second kappa shape index (κ2) is 5.67. The Morgan fingerprint density at radius 1 is 1.05 bits per heavy atom. The first-order valence-electron chi connectivity index (χ1n) is 5.22. The molecular weight excluding hydrogens is 376 g/mol. The van der Waals surface area contributed by atoms with E-state index < -0.39 is 26.6 Å². The normalized spacial score (nSPS) is 11.4. The van der Waals surface area contributed by atoms with Gasteiger partial charge in [-0.1, -0.05) is 11.6 Å². The zero-order valence-electron chi connectivity index (χ0n) is 9.70. The van der Waals surface area contributed by atoms with Gasteiger partial charge in [-0.2, -0.15) is 0 Å². The predicted octanol–water partition coefficient (Wildman–Crippen LogP) is 4.18. The Labute approximate surface area is 127 Å². The Morgan fingerprint density at radius 2 is 1.65 bits per heavy atom. The first-order chi connectivity index (χ1) is 9.29. The van der Waals surface area contributed by atoms with Gasteiger partial charge in [0.1, 0.15) is 16.5 Å². The summed E-state index contributed by atoms with van der Waals surface area (Å²) in [6, 6.07) is 6.47. The van der Waals surface area contributed by atoms with Gasteiger partial charge in [0.2, 0.25) is 0 Å². The maximum absolute atomic E-state index is 13.1. The van der Waals surface area contributed by atoms with Crippen molar-refractivity contribution in [3.05, 3.63) is 57.5 Å². The van der Waals surface area contributed by atoms with Crippen LogP contribution in [0.25, 0.3) is 0 Å². The SMILES string of the molecule is O=S(=O)(Nc1cc(F)ccc1Br)c1cc(F)ccc1Cl. The monoisotopic (exact) mass is 381 g/mol. The van der Waals surface area contributed by atoms with Crippen LogP contribution in [0.2, 0.25) is 5.02 Å². The molecule has 0 amide bonds. The fourth-order valence-corrected chi connectivity index (χ4v) is 3.52. The van der Waals surface area contributed by atoms with E-state index in [1.54, 1.807) is 0 Å². The van der Waals surface area contributed by atoms with Gasteiger partial charge >= 0.3 is 0 Å². The Balaban J connectivity index is 2.46. The van der Waals surface area contributed by atoms with Crippen LogP contribution in [-0.2, 0) is 10.0 Å². The highest BCUT2D eigenvalue weighted by Crippen LogP contribution is 2.28. The molecule has 0 atom stereocenters. The van der Waals surface area contributed by atoms with Crippen molar-refractivity contribution in [3.8, 4) is 0 Å². The van der Waals surface area contributed by atoms with Crippen LogP contribution in [-0.4, -0.2) is 8.42 Å². The van der Waals surface area contributed by atoms with Crippen LogP contribution in [0.5, 0.6) is 0 Å². The Bertz CT molecular complexity index is 768. The maximum atomic E-state index is 13.1. The van der Waals surface area contributed by atoms with Gasteiger partial charge in [0.15, 0.2) is 0 Å². The highest BCUT2D eigenvalue weighted by atomic mass is 79.9. The molecule has 0 aromatic heterocycles. The minimum absolute atomic E-state index is 0.00896. The molecule has 1 N–H and O–H groups in total. The second-order valence-corrected chi connectivity index (χ2v) is 6.72. The lowest BCUT2D eigenvalue weighted by Crippen LogP contribution is -2.14. The lowest BCUT2D eigenvalue weighted by molar-refractivity contribution is 0.595. The molecule has 20 heavy (non-hydrogen) atoms. The predicted molar refractivity (Wildman–Crippen MR) is 76.3 cm³/mol. The molecule has 2 aromatic rings. The number of hydrogen-bond donors (Lipinski definition) is 1. The van der Waals surface area contributed by atoms with Gasteiger partial charge < -0.3 is 0 Å². The van der Waals surface area contributed by atoms with Gasteiger partial charge in [-0.15, -0.1) is 0 Å². The Hall–Kier alpha value is -1.18. The molecule has 2 rings (SSSR count). The summed E-state index contributed by atoms with van der Waals surface area (Å²) in [6.45, 7) is 0. The van der Waals surface area contributed by atoms with Crippen LogP contribution >= 0.6 is 27.5 Å². The van der Waals surface area contributed by atoms with Crippen LogP contribution in [0.1, 0.15) is 0 Å². The van der Waals surface area contributed by atoms with Crippen LogP contribution in [0, 0.1) is 11.6 Å². The van der Waals surface area contributed by atoms with E-state index in [0.29, 0.717) is 4.47 Å². The topological polar surface area (TPSA) is 46.2 Å². The quantitative estimate of drug-likeness (QED) is 0.865. The smallest absolute Gasteiger partial charge is 0.263 e. The van der Waals surface area contributed by atoms with Crippen LogP contribution < -0.4 is 4.72 Å². The van der Waals surface area contributed by atoms with Gasteiger partial charge in [0.05, 0.1) is 10.7 Å². The largest absolute Gasteiger partial charge is 0.278 e. The standard InChI is InChI=1S/C12H7BrClF2NO2S/c13-9-3-1-7(15)5-11(9)17-20(18,19)12-6-8(16)2-4-10(12)14/h1-6,17H. The van der Waals surface area contributed by atoms with E-state index in [4.69, 9.17) is 11.6 Å². The van der Waals surface area contributed by atoms with Crippen LogP contribution in [0.3, 0.4) is 0 Å². The number of rotatable bonds is 3. The van der Waals surface area contributed by atoms with Gasteiger partial charge in [0.25, 0.3) is 10.0 Å². The molecule has 0 unspecified atom stereocenters. The molecule has 106 valence electrons. The molecule has 0 bridgehead atoms. The zero-order chi connectivity index (χ0) is 14.9.